The summed E-state index contributed by atoms with van der Waals surface area (Å²) in [5.41, 5.74) is 8.02. The number of carbonyl (C=O) groups is 1. The van der Waals surface area contributed by atoms with Crippen molar-refractivity contribution in [2.24, 2.45) is 5.10 Å². The van der Waals surface area contributed by atoms with Gasteiger partial charge in [-0.05, 0) is 44.0 Å². The van der Waals surface area contributed by atoms with Crippen molar-refractivity contribution in [3.8, 4) is 28.4 Å². The Kier molecular flexibility index (Phi) is 6.40. The highest BCUT2D eigenvalue weighted by Gasteiger charge is 2.25. The summed E-state index contributed by atoms with van der Waals surface area (Å²) < 4.78 is 17.2. The Morgan fingerprint density at radius 3 is 1.69 bits per heavy atom. The third-order valence-electron chi connectivity index (χ3n) is 5.10. The van der Waals surface area contributed by atoms with Crippen molar-refractivity contribution in [2.45, 2.75) is 20.8 Å². The Bertz CT molecular complexity index is 1100. The van der Waals surface area contributed by atoms with Gasteiger partial charge >= 0.3 is 0 Å². The van der Waals surface area contributed by atoms with Crippen LogP contribution in [0.4, 0.5) is 0 Å². The number of hydrazone groups is 1. The summed E-state index contributed by atoms with van der Waals surface area (Å²) in [5.74, 6) is 1.08. The van der Waals surface area contributed by atoms with Gasteiger partial charge in [0.25, 0.3) is 5.91 Å². The van der Waals surface area contributed by atoms with Crippen LogP contribution in [0.25, 0.3) is 11.1 Å². The molecule has 3 aromatic carbocycles. The van der Waals surface area contributed by atoms with E-state index in [4.69, 9.17) is 14.2 Å². The molecule has 0 radical (unpaired) electrons. The maximum absolute atomic E-state index is 13.0. The second-order valence-corrected chi connectivity index (χ2v) is 7.09. The summed E-state index contributed by atoms with van der Waals surface area (Å²) in [6.07, 6.45) is 0. The van der Waals surface area contributed by atoms with E-state index in [-0.39, 0.29) is 5.91 Å². The van der Waals surface area contributed by atoms with Gasteiger partial charge in [0, 0.05) is 16.7 Å². The molecule has 0 unspecified atom stereocenters. The number of benzene rings is 3. The van der Waals surface area contributed by atoms with Crippen LogP contribution in [0.15, 0.2) is 65.8 Å². The standard InChI is InChI=1S/C26H26N2O4/c1-4-30-22-15-17(16-23(31-5-2)25(22)32-6-3)26(29)28-27-24-20-13-9-7-11-18(20)19-12-8-10-14-21(19)24/h7-16H,4-6H2,1-3H3,(H,28,29). The first-order valence-corrected chi connectivity index (χ1v) is 10.8. The zero-order valence-corrected chi connectivity index (χ0v) is 18.5. The highest BCUT2D eigenvalue weighted by molar-refractivity contribution is 6.24. The Morgan fingerprint density at radius 1 is 0.750 bits per heavy atom. The number of nitrogens with one attached hydrogen (secondary N) is 1. The molecule has 0 saturated carbocycles. The normalized spacial score (nSPS) is 11.4. The molecule has 1 aliphatic carbocycles. The van der Waals surface area contributed by atoms with E-state index in [1.807, 2.05) is 57.2 Å². The average molecular weight is 431 g/mol. The van der Waals surface area contributed by atoms with Gasteiger partial charge in [-0.2, -0.15) is 5.10 Å². The van der Waals surface area contributed by atoms with Crippen LogP contribution in [0.3, 0.4) is 0 Å². The summed E-state index contributed by atoms with van der Waals surface area (Å²) in [6, 6.07) is 19.4. The average Bonchev–Trinajstić information content (AvgIpc) is 3.13. The van der Waals surface area contributed by atoms with Gasteiger partial charge < -0.3 is 14.2 Å². The molecule has 0 aromatic heterocycles. The van der Waals surface area contributed by atoms with Crippen molar-refractivity contribution in [1.29, 1.82) is 0 Å². The highest BCUT2D eigenvalue weighted by Crippen LogP contribution is 2.39. The first-order valence-electron chi connectivity index (χ1n) is 10.8. The first kappa shape index (κ1) is 21.4. The quantitative estimate of drug-likeness (QED) is 0.398. The molecule has 0 spiro atoms. The van der Waals surface area contributed by atoms with E-state index >= 15 is 0 Å². The Morgan fingerprint density at radius 2 is 1.22 bits per heavy atom. The fourth-order valence-electron chi connectivity index (χ4n) is 3.81. The maximum atomic E-state index is 13.0. The molecule has 6 nitrogen and oxygen atoms in total. The SMILES string of the molecule is CCOc1cc(C(=O)NN=C2c3ccccc3-c3ccccc32)cc(OCC)c1OCC. The number of carbonyl (C=O) groups excluding carboxylic acids is 1. The van der Waals surface area contributed by atoms with Crippen LogP contribution >= 0.6 is 0 Å². The van der Waals surface area contributed by atoms with Gasteiger partial charge in [-0.15, -0.1) is 0 Å². The molecule has 6 heteroatoms. The molecule has 3 aromatic rings. The lowest BCUT2D eigenvalue weighted by atomic mass is 10.1. The molecular formula is C26H26N2O4. The van der Waals surface area contributed by atoms with Crippen molar-refractivity contribution >= 4 is 11.6 Å². The Hall–Kier alpha value is -3.80. The van der Waals surface area contributed by atoms with Gasteiger partial charge in [0.05, 0.1) is 25.5 Å². The second-order valence-electron chi connectivity index (χ2n) is 7.09. The van der Waals surface area contributed by atoms with Gasteiger partial charge in [-0.3, -0.25) is 4.79 Å². The third-order valence-corrected chi connectivity index (χ3v) is 5.10. The van der Waals surface area contributed by atoms with Gasteiger partial charge in [0.1, 0.15) is 0 Å². The third kappa shape index (κ3) is 4.04. The molecule has 164 valence electrons. The minimum absolute atomic E-state index is 0.357. The van der Waals surface area contributed by atoms with E-state index in [1.165, 1.54) is 0 Å². The number of hydrogen-bond donors (Lipinski definition) is 1. The zero-order chi connectivity index (χ0) is 22.5. The van der Waals surface area contributed by atoms with Crippen molar-refractivity contribution in [3.05, 3.63) is 77.4 Å². The monoisotopic (exact) mass is 430 g/mol. The Balaban J connectivity index is 1.68. The second kappa shape index (κ2) is 9.56. The predicted octanol–water partition coefficient (Wildman–Crippen LogP) is 5.05. The molecule has 0 heterocycles. The highest BCUT2D eigenvalue weighted by atomic mass is 16.5. The number of nitrogens with zero attached hydrogens (tertiary/aromatic N) is 1. The van der Waals surface area contributed by atoms with Crippen LogP contribution in [0, 0.1) is 0 Å². The van der Waals surface area contributed by atoms with E-state index in [2.05, 4.69) is 22.7 Å². The lowest BCUT2D eigenvalue weighted by Gasteiger charge is -2.16. The first-order chi connectivity index (χ1) is 15.7. The van der Waals surface area contributed by atoms with Crippen LogP contribution < -0.4 is 19.6 Å². The zero-order valence-electron chi connectivity index (χ0n) is 18.5. The number of rotatable bonds is 8. The topological polar surface area (TPSA) is 69.2 Å². The Labute approximate surface area is 187 Å². The van der Waals surface area contributed by atoms with Crippen molar-refractivity contribution in [2.75, 3.05) is 19.8 Å². The molecule has 0 saturated heterocycles. The summed E-state index contributed by atoms with van der Waals surface area (Å²) in [6.45, 7) is 6.98. The number of amides is 1. The largest absolute Gasteiger partial charge is 0.490 e. The van der Waals surface area contributed by atoms with E-state index in [1.54, 1.807) is 12.1 Å². The van der Waals surface area contributed by atoms with Crippen LogP contribution in [0.1, 0.15) is 42.3 Å². The minimum Gasteiger partial charge on any atom is -0.490 e. The van der Waals surface area contributed by atoms with Crippen LogP contribution in [-0.2, 0) is 0 Å². The predicted molar refractivity (Wildman–Crippen MR) is 125 cm³/mol. The van der Waals surface area contributed by atoms with Gasteiger partial charge in [-0.25, -0.2) is 5.43 Å². The van der Waals surface area contributed by atoms with E-state index in [0.29, 0.717) is 42.6 Å². The van der Waals surface area contributed by atoms with Gasteiger partial charge in [-0.1, -0.05) is 48.5 Å². The van der Waals surface area contributed by atoms with E-state index in [0.717, 1.165) is 28.0 Å². The molecule has 4 rings (SSSR count). The van der Waals surface area contributed by atoms with E-state index in [9.17, 15) is 4.79 Å². The van der Waals surface area contributed by atoms with Gasteiger partial charge in [0.15, 0.2) is 11.5 Å². The van der Waals surface area contributed by atoms with Crippen LogP contribution in [0.5, 0.6) is 17.2 Å². The number of ether oxygens (including phenoxy) is 3. The molecule has 0 aliphatic heterocycles. The minimum atomic E-state index is -0.357. The summed E-state index contributed by atoms with van der Waals surface area (Å²) >= 11 is 0. The van der Waals surface area contributed by atoms with Gasteiger partial charge in [0.2, 0.25) is 5.75 Å². The van der Waals surface area contributed by atoms with Crippen LogP contribution in [0.2, 0.25) is 0 Å². The summed E-state index contributed by atoms with van der Waals surface area (Å²) in [4.78, 5) is 13.0. The molecule has 1 aliphatic rings. The van der Waals surface area contributed by atoms with Crippen LogP contribution in [-0.4, -0.2) is 31.4 Å². The maximum Gasteiger partial charge on any atom is 0.271 e. The summed E-state index contributed by atoms with van der Waals surface area (Å²) in [7, 11) is 0. The fraction of sp³-hybridized carbons (Fsp3) is 0.231. The smallest absolute Gasteiger partial charge is 0.271 e. The van der Waals surface area contributed by atoms with Crippen molar-refractivity contribution < 1.29 is 19.0 Å². The molecule has 0 bridgehead atoms. The van der Waals surface area contributed by atoms with E-state index < -0.39 is 0 Å². The fourth-order valence-corrected chi connectivity index (χ4v) is 3.81. The molecular weight excluding hydrogens is 404 g/mol. The molecule has 32 heavy (non-hydrogen) atoms. The molecule has 1 amide bonds. The summed E-state index contributed by atoms with van der Waals surface area (Å²) in [5, 5.41) is 4.50. The van der Waals surface area contributed by atoms with Crippen molar-refractivity contribution in [1.82, 2.24) is 5.43 Å². The number of hydrogen-bond acceptors (Lipinski definition) is 5. The number of fused-ring (bicyclic) bond motifs is 3. The lowest BCUT2D eigenvalue weighted by Crippen LogP contribution is -2.20. The lowest BCUT2D eigenvalue weighted by molar-refractivity contribution is 0.0953. The molecule has 0 fully saturated rings. The van der Waals surface area contributed by atoms with Crippen molar-refractivity contribution in [3.63, 3.8) is 0 Å². The molecule has 1 N–H and O–H groups in total. The molecule has 0 atom stereocenters.